The summed E-state index contributed by atoms with van der Waals surface area (Å²) in [6.45, 7) is 1.16. The molecule has 0 bridgehead atoms. The minimum atomic E-state index is -0.316. The van der Waals surface area contributed by atoms with Crippen LogP contribution in [0.1, 0.15) is 16.9 Å². The molecule has 1 aliphatic heterocycles. The van der Waals surface area contributed by atoms with Gasteiger partial charge in [0.15, 0.2) is 11.5 Å². The average molecular weight is 274 g/mol. The fraction of sp³-hybridized carbons (Fsp3) is 0.231. The first-order valence-corrected chi connectivity index (χ1v) is 6.24. The lowest BCUT2D eigenvalue weighted by atomic mass is 10.2. The number of H-pyrrole nitrogens is 1. The molecular formula is C13H14N4O3. The van der Waals surface area contributed by atoms with E-state index in [1.165, 1.54) is 6.20 Å². The number of nitrogens with one attached hydrogen (secondary N) is 2. The van der Waals surface area contributed by atoms with E-state index in [1.807, 2.05) is 0 Å². The first kappa shape index (κ1) is 12.3. The van der Waals surface area contributed by atoms with Crippen molar-refractivity contribution < 1.29 is 14.3 Å². The van der Waals surface area contributed by atoms with Gasteiger partial charge in [0.05, 0.1) is 24.6 Å². The third-order valence-corrected chi connectivity index (χ3v) is 2.91. The first-order chi connectivity index (χ1) is 9.74. The molecule has 0 atom stereocenters. The Hall–Kier alpha value is -2.70. The smallest absolute Gasteiger partial charge is 0.273 e. The predicted octanol–water partition coefficient (Wildman–Crippen LogP) is 1.41. The van der Waals surface area contributed by atoms with Crippen LogP contribution in [0.25, 0.3) is 0 Å². The second-order valence-corrected chi connectivity index (χ2v) is 4.36. The number of hydrogen-bond donors (Lipinski definition) is 3. The molecule has 0 saturated heterocycles. The van der Waals surface area contributed by atoms with E-state index in [0.717, 1.165) is 6.42 Å². The molecule has 0 aliphatic carbocycles. The van der Waals surface area contributed by atoms with E-state index in [1.54, 1.807) is 18.2 Å². The van der Waals surface area contributed by atoms with Crippen molar-refractivity contribution >= 4 is 17.3 Å². The van der Waals surface area contributed by atoms with E-state index < -0.39 is 0 Å². The minimum absolute atomic E-state index is 0.316. The van der Waals surface area contributed by atoms with Gasteiger partial charge in [-0.15, -0.1) is 0 Å². The van der Waals surface area contributed by atoms with Crippen molar-refractivity contribution in [2.75, 3.05) is 24.3 Å². The number of hydrogen-bond acceptors (Lipinski definition) is 5. The van der Waals surface area contributed by atoms with Gasteiger partial charge in [0.25, 0.3) is 5.91 Å². The van der Waals surface area contributed by atoms with Crippen molar-refractivity contribution in [2.45, 2.75) is 6.42 Å². The number of aromatic amines is 1. The Labute approximate surface area is 115 Å². The molecule has 0 radical (unpaired) electrons. The first-order valence-electron chi connectivity index (χ1n) is 6.24. The van der Waals surface area contributed by atoms with Crippen LogP contribution in [0.3, 0.4) is 0 Å². The van der Waals surface area contributed by atoms with Crippen molar-refractivity contribution in [1.82, 2.24) is 10.2 Å². The van der Waals surface area contributed by atoms with Crippen molar-refractivity contribution in [2.24, 2.45) is 0 Å². The van der Waals surface area contributed by atoms with Gasteiger partial charge in [0, 0.05) is 24.8 Å². The number of amides is 1. The number of benzene rings is 1. The summed E-state index contributed by atoms with van der Waals surface area (Å²) in [7, 11) is 0. The number of carbonyl (C=O) groups is 1. The van der Waals surface area contributed by atoms with Gasteiger partial charge in [-0.25, -0.2) is 0 Å². The molecule has 1 aromatic heterocycles. The Morgan fingerprint density at radius 2 is 2.05 bits per heavy atom. The number of nitrogens with zero attached hydrogens (tertiary/aromatic N) is 1. The van der Waals surface area contributed by atoms with Crippen LogP contribution in [-0.4, -0.2) is 29.3 Å². The molecule has 1 amide bonds. The largest absolute Gasteiger partial charge is 0.489 e. The lowest BCUT2D eigenvalue weighted by Gasteiger charge is -2.12. The second-order valence-electron chi connectivity index (χ2n) is 4.36. The summed E-state index contributed by atoms with van der Waals surface area (Å²) >= 11 is 0. The Kier molecular flexibility index (Phi) is 3.16. The molecule has 0 unspecified atom stereocenters. The quantitative estimate of drug-likeness (QED) is 0.718. The van der Waals surface area contributed by atoms with E-state index in [0.29, 0.717) is 41.8 Å². The number of carbonyl (C=O) groups excluding carboxylic acids is 1. The Morgan fingerprint density at radius 1 is 1.30 bits per heavy atom. The van der Waals surface area contributed by atoms with Gasteiger partial charge in [-0.2, -0.15) is 5.10 Å². The normalized spacial score (nSPS) is 13.6. The lowest BCUT2D eigenvalue weighted by molar-refractivity contribution is 0.102. The summed E-state index contributed by atoms with van der Waals surface area (Å²) in [6, 6.07) is 4.90. The summed E-state index contributed by atoms with van der Waals surface area (Å²) < 4.78 is 11.1. The van der Waals surface area contributed by atoms with Gasteiger partial charge in [-0.3, -0.25) is 9.89 Å². The van der Waals surface area contributed by atoms with Gasteiger partial charge in [-0.1, -0.05) is 0 Å². The van der Waals surface area contributed by atoms with E-state index in [9.17, 15) is 4.79 Å². The maximum absolute atomic E-state index is 12.0. The number of nitrogens with two attached hydrogens (primary N) is 1. The highest BCUT2D eigenvalue weighted by Crippen LogP contribution is 2.36. The number of fused-ring (bicyclic) bond motifs is 1. The van der Waals surface area contributed by atoms with E-state index in [2.05, 4.69) is 15.5 Å². The maximum Gasteiger partial charge on any atom is 0.273 e. The number of aromatic nitrogens is 2. The maximum atomic E-state index is 12.0. The number of rotatable bonds is 2. The fourth-order valence-corrected chi connectivity index (χ4v) is 1.90. The molecule has 4 N–H and O–H groups in total. The van der Waals surface area contributed by atoms with Gasteiger partial charge >= 0.3 is 0 Å². The van der Waals surface area contributed by atoms with Gasteiger partial charge in [0.2, 0.25) is 0 Å². The van der Waals surface area contributed by atoms with E-state index in [-0.39, 0.29) is 5.91 Å². The number of ether oxygens (including phenoxy) is 2. The van der Waals surface area contributed by atoms with Crippen LogP contribution in [-0.2, 0) is 0 Å². The minimum Gasteiger partial charge on any atom is -0.489 e. The van der Waals surface area contributed by atoms with Crippen LogP contribution in [0.2, 0.25) is 0 Å². The number of anilines is 2. The molecule has 20 heavy (non-hydrogen) atoms. The third kappa shape index (κ3) is 2.37. The molecule has 2 aromatic rings. The topological polar surface area (TPSA) is 102 Å². The highest BCUT2D eigenvalue weighted by Gasteiger charge is 2.16. The zero-order chi connectivity index (χ0) is 13.9. The highest BCUT2D eigenvalue weighted by atomic mass is 16.5. The molecule has 1 aromatic carbocycles. The molecule has 104 valence electrons. The fourth-order valence-electron chi connectivity index (χ4n) is 1.90. The average Bonchev–Trinajstić information content (AvgIpc) is 2.88. The van der Waals surface area contributed by atoms with Gasteiger partial charge < -0.3 is 20.5 Å². The molecule has 1 aliphatic rings. The van der Waals surface area contributed by atoms with Gasteiger partial charge in [0.1, 0.15) is 5.69 Å². The van der Waals surface area contributed by atoms with Crippen molar-refractivity contribution in [3.05, 3.63) is 30.1 Å². The Bertz CT molecular complexity index is 625. The summed E-state index contributed by atoms with van der Waals surface area (Å²) in [6.07, 6.45) is 2.32. The van der Waals surface area contributed by atoms with Crippen LogP contribution >= 0.6 is 0 Å². The van der Waals surface area contributed by atoms with Crippen LogP contribution in [0, 0.1) is 0 Å². The van der Waals surface area contributed by atoms with Crippen molar-refractivity contribution in [1.29, 1.82) is 0 Å². The van der Waals surface area contributed by atoms with Crippen LogP contribution in [0.5, 0.6) is 11.5 Å². The molecule has 7 heteroatoms. The predicted molar refractivity (Wildman–Crippen MR) is 73.0 cm³/mol. The zero-order valence-corrected chi connectivity index (χ0v) is 10.7. The van der Waals surface area contributed by atoms with Crippen molar-refractivity contribution in [3.8, 4) is 11.5 Å². The molecule has 3 rings (SSSR count). The van der Waals surface area contributed by atoms with E-state index in [4.69, 9.17) is 15.2 Å². The van der Waals surface area contributed by atoms with Crippen molar-refractivity contribution in [3.63, 3.8) is 0 Å². The highest BCUT2D eigenvalue weighted by molar-refractivity contribution is 6.04. The Morgan fingerprint density at radius 3 is 2.75 bits per heavy atom. The molecule has 0 fully saturated rings. The van der Waals surface area contributed by atoms with Gasteiger partial charge in [-0.05, 0) is 6.07 Å². The van der Waals surface area contributed by atoms with Crippen LogP contribution in [0.4, 0.5) is 11.4 Å². The van der Waals surface area contributed by atoms with E-state index >= 15 is 0 Å². The summed E-state index contributed by atoms with van der Waals surface area (Å²) in [5, 5.41) is 9.03. The molecule has 0 spiro atoms. The molecule has 7 nitrogen and oxygen atoms in total. The lowest BCUT2D eigenvalue weighted by Crippen LogP contribution is -2.14. The van der Waals surface area contributed by atoms with Crippen LogP contribution < -0.4 is 20.5 Å². The number of nitrogen functional groups attached to an aromatic ring is 1. The second kappa shape index (κ2) is 5.12. The summed E-state index contributed by atoms with van der Waals surface area (Å²) in [5.74, 6) is 0.861. The molecular weight excluding hydrogens is 260 g/mol. The Balaban J connectivity index is 1.86. The SMILES string of the molecule is Nc1cc2c(cc1NC(=O)c1ccn[nH]1)OCCCO2. The van der Waals surface area contributed by atoms with Crippen LogP contribution in [0.15, 0.2) is 24.4 Å². The third-order valence-electron chi connectivity index (χ3n) is 2.91. The molecule has 2 heterocycles. The summed E-state index contributed by atoms with van der Waals surface area (Å²) in [4.78, 5) is 12.0. The standard InChI is InChI=1S/C13H14N4O3/c14-8-6-11-12(20-5-1-4-19-11)7-10(8)16-13(18)9-2-3-15-17-9/h2-3,6-7H,1,4-5,14H2,(H,15,17)(H,16,18). The summed E-state index contributed by atoms with van der Waals surface area (Å²) in [5.41, 5.74) is 7.18. The zero-order valence-electron chi connectivity index (χ0n) is 10.7. The molecule has 0 saturated carbocycles. The monoisotopic (exact) mass is 274 g/mol.